The summed E-state index contributed by atoms with van der Waals surface area (Å²) in [5.41, 5.74) is 0.631. The summed E-state index contributed by atoms with van der Waals surface area (Å²) in [5.74, 6) is -0.928. The van der Waals surface area contributed by atoms with Crippen molar-refractivity contribution in [3.05, 3.63) is 24.3 Å². The summed E-state index contributed by atoms with van der Waals surface area (Å²) in [5, 5.41) is 9.03. The van der Waals surface area contributed by atoms with Crippen LogP contribution in [0.2, 0.25) is 0 Å². The van der Waals surface area contributed by atoms with Gasteiger partial charge in [-0.2, -0.15) is 0 Å². The van der Waals surface area contributed by atoms with Gasteiger partial charge in [-0.1, -0.05) is 19.1 Å². The first-order valence-corrected chi connectivity index (χ1v) is 8.43. The van der Waals surface area contributed by atoms with Gasteiger partial charge in [0.05, 0.1) is 5.69 Å². The maximum atomic E-state index is 12.5. The van der Waals surface area contributed by atoms with Crippen LogP contribution in [-0.4, -0.2) is 53.0 Å². The molecule has 1 aliphatic heterocycles. The molecule has 2 rings (SSSR count). The van der Waals surface area contributed by atoms with Crippen LogP contribution in [0.1, 0.15) is 33.6 Å². The molecular weight excluding hydrogens is 324 g/mol. The highest BCUT2D eigenvalue weighted by Gasteiger charge is 2.32. The lowest BCUT2D eigenvalue weighted by molar-refractivity contribution is -0.146. The fourth-order valence-corrected chi connectivity index (χ4v) is 2.80. The molecule has 1 aromatic carbocycles. The Labute approximate surface area is 147 Å². The number of carbonyl (C=O) groups is 3. The summed E-state index contributed by atoms with van der Waals surface area (Å²) >= 11 is 0. The molecule has 0 bridgehead atoms. The van der Waals surface area contributed by atoms with Crippen LogP contribution in [0, 0.1) is 0 Å². The van der Waals surface area contributed by atoms with Crippen LogP contribution >= 0.6 is 0 Å². The Bertz CT molecular complexity index is 661. The number of carbonyl (C=O) groups excluding carboxylic acids is 2. The van der Waals surface area contributed by atoms with Crippen LogP contribution in [0.5, 0.6) is 5.75 Å². The third kappa shape index (κ3) is 4.29. The third-order valence-corrected chi connectivity index (χ3v) is 4.37. The molecule has 0 saturated carbocycles. The van der Waals surface area contributed by atoms with E-state index in [9.17, 15) is 14.4 Å². The molecule has 0 radical (unpaired) electrons. The number of aliphatic carboxylic acids is 1. The number of ether oxygens (including phenoxy) is 1. The SMILES string of the molecule is CCC(C)N(CC(=O)O)C(=O)CCN1C(=O)C(C)Oc2ccccc21. The molecule has 0 spiro atoms. The van der Waals surface area contributed by atoms with E-state index in [1.165, 1.54) is 9.80 Å². The van der Waals surface area contributed by atoms with Crippen molar-refractivity contribution in [1.29, 1.82) is 0 Å². The Morgan fingerprint density at radius 2 is 2.04 bits per heavy atom. The van der Waals surface area contributed by atoms with Crippen molar-refractivity contribution in [1.82, 2.24) is 4.90 Å². The average Bonchev–Trinajstić information content (AvgIpc) is 2.59. The van der Waals surface area contributed by atoms with Gasteiger partial charge in [0.25, 0.3) is 5.91 Å². The second kappa shape index (κ2) is 8.00. The minimum atomic E-state index is -1.05. The maximum Gasteiger partial charge on any atom is 0.323 e. The van der Waals surface area contributed by atoms with Crippen LogP contribution in [0.25, 0.3) is 0 Å². The van der Waals surface area contributed by atoms with E-state index in [1.54, 1.807) is 25.1 Å². The molecule has 0 aliphatic carbocycles. The van der Waals surface area contributed by atoms with Crippen LogP contribution in [0.15, 0.2) is 24.3 Å². The first-order valence-electron chi connectivity index (χ1n) is 8.43. The standard InChI is InChI=1S/C18H24N2O5/c1-4-12(2)20(11-17(22)23)16(21)9-10-19-14-7-5-6-8-15(14)25-13(3)18(19)24/h5-8,12-13H,4,9-11H2,1-3H3,(H,22,23). The minimum absolute atomic E-state index is 0.0599. The van der Waals surface area contributed by atoms with E-state index < -0.39 is 12.1 Å². The lowest BCUT2D eigenvalue weighted by Gasteiger charge is -2.34. The fraction of sp³-hybridized carbons (Fsp3) is 0.500. The van der Waals surface area contributed by atoms with E-state index >= 15 is 0 Å². The molecule has 1 aliphatic rings. The zero-order valence-corrected chi connectivity index (χ0v) is 14.8. The maximum absolute atomic E-state index is 12.5. The Morgan fingerprint density at radius 1 is 1.36 bits per heavy atom. The van der Waals surface area contributed by atoms with Crippen LogP contribution in [0.3, 0.4) is 0 Å². The number of carboxylic acid groups (broad SMARTS) is 1. The molecule has 136 valence electrons. The minimum Gasteiger partial charge on any atom is -0.480 e. The van der Waals surface area contributed by atoms with E-state index in [0.29, 0.717) is 17.9 Å². The number of fused-ring (bicyclic) bond motifs is 1. The third-order valence-electron chi connectivity index (χ3n) is 4.37. The summed E-state index contributed by atoms with van der Waals surface area (Å²) in [6.07, 6.45) is 0.106. The number of benzene rings is 1. The molecular formula is C18H24N2O5. The molecule has 2 unspecified atom stereocenters. The lowest BCUT2D eigenvalue weighted by Crippen LogP contribution is -2.47. The van der Waals surface area contributed by atoms with E-state index in [2.05, 4.69) is 0 Å². The summed E-state index contributed by atoms with van der Waals surface area (Å²) in [6, 6.07) is 7.00. The van der Waals surface area contributed by atoms with Gasteiger partial charge in [0, 0.05) is 19.0 Å². The monoisotopic (exact) mass is 348 g/mol. The van der Waals surface area contributed by atoms with E-state index in [4.69, 9.17) is 9.84 Å². The van der Waals surface area contributed by atoms with Gasteiger partial charge >= 0.3 is 5.97 Å². The number of anilines is 1. The van der Waals surface area contributed by atoms with Crippen molar-refractivity contribution in [2.45, 2.75) is 45.8 Å². The van der Waals surface area contributed by atoms with Gasteiger partial charge in [0.2, 0.25) is 5.91 Å². The largest absolute Gasteiger partial charge is 0.480 e. The first-order chi connectivity index (χ1) is 11.8. The van der Waals surface area contributed by atoms with Gasteiger partial charge in [-0.25, -0.2) is 0 Å². The Morgan fingerprint density at radius 3 is 2.68 bits per heavy atom. The van der Waals surface area contributed by atoms with Crippen molar-refractivity contribution in [3.8, 4) is 5.75 Å². The molecule has 0 aromatic heterocycles. The topological polar surface area (TPSA) is 87.2 Å². The molecule has 1 heterocycles. The number of para-hydroxylation sites is 2. The molecule has 1 N–H and O–H groups in total. The van der Waals surface area contributed by atoms with Crippen molar-refractivity contribution in [2.24, 2.45) is 0 Å². The molecule has 7 nitrogen and oxygen atoms in total. The summed E-state index contributed by atoms with van der Waals surface area (Å²) in [7, 11) is 0. The van der Waals surface area contributed by atoms with Gasteiger partial charge < -0.3 is 19.6 Å². The van der Waals surface area contributed by atoms with Crippen molar-refractivity contribution >= 4 is 23.5 Å². The zero-order valence-electron chi connectivity index (χ0n) is 14.8. The van der Waals surface area contributed by atoms with E-state index in [0.717, 1.165) is 0 Å². The van der Waals surface area contributed by atoms with Crippen molar-refractivity contribution in [2.75, 3.05) is 18.0 Å². The number of rotatable bonds is 7. The smallest absolute Gasteiger partial charge is 0.323 e. The van der Waals surface area contributed by atoms with Crippen LogP contribution in [-0.2, 0) is 14.4 Å². The van der Waals surface area contributed by atoms with Gasteiger partial charge in [-0.3, -0.25) is 14.4 Å². The Kier molecular flexibility index (Phi) is 6.01. The summed E-state index contributed by atoms with van der Waals surface area (Å²) in [6.45, 7) is 5.24. The fourth-order valence-electron chi connectivity index (χ4n) is 2.80. The first kappa shape index (κ1) is 18.8. The number of amides is 2. The second-order valence-electron chi connectivity index (χ2n) is 6.14. The van der Waals surface area contributed by atoms with Gasteiger partial charge in [0.1, 0.15) is 12.3 Å². The molecule has 2 atom stereocenters. The lowest BCUT2D eigenvalue weighted by atomic mass is 10.1. The molecule has 0 fully saturated rings. The molecule has 0 saturated heterocycles. The molecule has 2 amide bonds. The highest BCUT2D eigenvalue weighted by atomic mass is 16.5. The average molecular weight is 348 g/mol. The summed E-state index contributed by atoms with van der Waals surface area (Å²) < 4.78 is 5.57. The van der Waals surface area contributed by atoms with Crippen molar-refractivity contribution in [3.63, 3.8) is 0 Å². The van der Waals surface area contributed by atoms with Crippen LogP contribution < -0.4 is 9.64 Å². The number of hydrogen-bond donors (Lipinski definition) is 1. The normalized spacial score (nSPS) is 17.5. The summed E-state index contributed by atoms with van der Waals surface area (Å²) in [4.78, 5) is 38.8. The van der Waals surface area contributed by atoms with Gasteiger partial charge in [-0.05, 0) is 32.4 Å². The van der Waals surface area contributed by atoms with Gasteiger partial charge in [-0.15, -0.1) is 0 Å². The quantitative estimate of drug-likeness (QED) is 0.813. The van der Waals surface area contributed by atoms with E-state index in [1.807, 2.05) is 19.9 Å². The van der Waals surface area contributed by atoms with E-state index in [-0.39, 0.29) is 37.4 Å². The number of nitrogens with zero attached hydrogens (tertiary/aromatic N) is 2. The Hall–Kier alpha value is -2.57. The van der Waals surface area contributed by atoms with Gasteiger partial charge in [0.15, 0.2) is 6.10 Å². The zero-order chi connectivity index (χ0) is 18.6. The van der Waals surface area contributed by atoms with Crippen molar-refractivity contribution < 1.29 is 24.2 Å². The second-order valence-corrected chi connectivity index (χ2v) is 6.14. The number of carboxylic acids is 1. The predicted octanol–water partition coefficient (Wildman–Crippen LogP) is 1.90. The highest BCUT2D eigenvalue weighted by molar-refractivity contribution is 6.00. The molecule has 1 aromatic rings. The Balaban J connectivity index is 2.12. The number of hydrogen-bond acceptors (Lipinski definition) is 4. The predicted molar refractivity (Wildman–Crippen MR) is 92.6 cm³/mol. The molecule has 25 heavy (non-hydrogen) atoms. The molecule has 7 heteroatoms. The highest BCUT2D eigenvalue weighted by Crippen LogP contribution is 2.33. The van der Waals surface area contributed by atoms with Crippen LogP contribution in [0.4, 0.5) is 5.69 Å².